The zero-order chi connectivity index (χ0) is 14.5. The normalized spacial score (nSPS) is 12.3. The van der Waals surface area contributed by atoms with Crippen LogP contribution in [0.15, 0.2) is 9.63 Å². The SMILES string of the molecule is CCOC(CNS(=O)(=O)c1c(Br)nnn1C)OCC. The maximum Gasteiger partial charge on any atom is 0.260 e. The number of aryl methyl sites for hydroxylation is 1. The number of hydrogen-bond donors (Lipinski definition) is 1. The highest BCUT2D eigenvalue weighted by atomic mass is 79.9. The van der Waals surface area contributed by atoms with Gasteiger partial charge < -0.3 is 9.47 Å². The first-order valence-corrected chi connectivity index (χ1v) is 7.98. The number of nitrogens with zero attached hydrogens (tertiary/aromatic N) is 3. The van der Waals surface area contributed by atoms with Gasteiger partial charge in [-0.25, -0.2) is 17.8 Å². The van der Waals surface area contributed by atoms with Crippen molar-refractivity contribution in [3.8, 4) is 0 Å². The fourth-order valence-corrected chi connectivity index (χ4v) is 3.50. The zero-order valence-electron chi connectivity index (χ0n) is 11.0. The monoisotopic (exact) mass is 356 g/mol. The molecule has 10 heteroatoms. The van der Waals surface area contributed by atoms with Crippen molar-refractivity contribution in [2.24, 2.45) is 7.05 Å². The molecule has 0 saturated carbocycles. The van der Waals surface area contributed by atoms with Crippen molar-refractivity contribution < 1.29 is 17.9 Å². The quantitative estimate of drug-likeness (QED) is 0.671. The van der Waals surface area contributed by atoms with Crippen LogP contribution in [-0.2, 0) is 26.5 Å². The van der Waals surface area contributed by atoms with E-state index < -0.39 is 16.3 Å². The van der Waals surface area contributed by atoms with Gasteiger partial charge in [-0.15, -0.1) is 5.10 Å². The lowest BCUT2D eigenvalue weighted by Crippen LogP contribution is -2.36. The molecule has 8 nitrogen and oxygen atoms in total. The van der Waals surface area contributed by atoms with Crippen molar-refractivity contribution in [3.05, 3.63) is 4.60 Å². The molecule has 1 heterocycles. The molecule has 0 radical (unpaired) electrons. The molecular formula is C9H17BrN4O4S. The van der Waals surface area contributed by atoms with Gasteiger partial charge in [-0.2, -0.15) is 0 Å². The van der Waals surface area contributed by atoms with Crippen LogP contribution in [0.4, 0.5) is 0 Å². The van der Waals surface area contributed by atoms with Crippen molar-refractivity contribution >= 4 is 26.0 Å². The molecule has 0 aliphatic carbocycles. The smallest absolute Gasteiger partial charge is 0.260 e. The van der Waals surface area contributed by atoms with Crippen LogP contribution in [0.25, 0.3) is 0 Å². The Bertz CT molecular complexity index is 479. The van der Waals surface area contributed by atoms with Crippen LogP contribution in [0.3, 0.4) is 0 Å². The lowest BCUT2D eigenvalue weighted by molar-refractivity contribution is -0.130. The van der Waals surface area contributed by atoms with Crippen LogP contribution in [-0.4, -0.2) is 49.5 Å². The summed E-state index contributed by atoms with van der Waals surface area (Å²) in [5.74, 6) is 0. The number of sulfonamides is 1. The largest absolute Gasteiger partial charge is 0.352 e. The Kier molecular flexibility index (Phi) is 6.33. The van der Waals surface area contributed by atoms with Gasteiger partial charge >= 0.3 is 0 Å². The summed E-state index contributed by atoms with van der Waals surface area (Å²) in [5.41, 5.74) is 0. The summed E-state index contributed by atoms with van der Waals surface area (Å²) in [5, 5.41) is 7.21. The standard InChI is InChI=1S/C9H17BrN4O4S/c1-4-17-7(18-5-2)6-11-19(15,16)9-8(10)12-13-14(9)3/h7,11H,4-6H2,1-3H3. The Balaban J connectivity index is 2.75. The van der Waals surface area contributed by atoms with Crippen LogP contribution in [0.2, 0.25) is 0 Å². The van der Waals surface area contributed by atoms with Crippen molar-refractivity contribution in [2.75, 3.05) is 19.8 Å². The third kappa shape index (κ3) is 4.49. The first-order chi connectivity index (χ1) is 8.92. The van der Waals surface area contributed by atoms with E-state index in [9.17, 15) is 8.42 Å². The summed E-state index contributed by atoms with van der Waals surface area (Å²) in [6.45, 7) is 4.50. The highest BCUT2D eigenvalue weighted by Gasteiger charge is 2.24. The number of ether oxygens (including phenoxy) is 2. The topological polar surface area (TPSA) is 95.3 Å². The zero-order valence-corrected chi connectivity index (χ0v) is 13.4. The number of rotatable bonds is 8. The van der Waals surface area contributed by atoms with Gasteiger partial charge in [-0.1, -0.05) is 5.21 Å². The summed E-state index contributed by atoms with van der Waals surface area (Å²) < 4.78 is 38.4. The molecule has 1 aromatic heterocycles. The average Bonchev–Trinajstić information content (AvgIpc) is 2.67. The van der Waals surface area contributed by atoms with E-state index in [0.29, 0.717) is 13.2 Å². The minimum Gasteiger partial charge on any atom is -0.352 e. The van der Waals surface area contributed by atoms with E-state index in [1.165, 1.54) is 11.7 Å². The molecule has 1 N–H and O–H groups in total. The molecule has 0 fully saturated rings. The molecule has 0 bridgehead atoms. The Morgan fingerprint density at radius 3 is 2.37 bits per heavy atom. The summed E-state index contributed by atoms with van der Waals surface area (Å²) in [6, 6.07) is 0. The minimum atomic E-state index is -3.73. The molecule has 19 heavy (non-hydrogen) atoms. The summed E-state index contributed by atoms with van der Waals surface area (Å²) >= 11 is 3.05. The van der Waals surface area contributed by atoms with E-state index in [4.69, 9.17) is 9.47 Å². The van der Waals surface area contributed by atoms with Gasteiger partial charge in [0.1, 0.15) is 0 Å². The molecule has 1 rings (SSSR count). The van der Waals surface area contributed by atoms with Gasteiger partial charge in [0.05, 0.1) is 6.54 Å². The Labute approximate surface area is 120 Å². The van der Waals surface area contributed by atoms with Gasteiger partial charge in [0.2, 0.25) is 5.03 Å². The van der Waals surface area contributed by atoms with E-state index in [1.807, 2.05) is 13.8 Å². The molecule has 0 atom stereocenters. The summed E-state index contributed by atoms with van der Waals surface area (Å²) in [4.78, 5) is 0. The van der Waals surface area contributed by atoms with E-state index >= 15 is 0 Å². The molecule has 0 unspecified atom stereocenters. The summed E-state index contributed by atoms with van der Waals surface area (Å²) in [6.07, 6.45) is -0.621. The van der Waals surface area contributed by atoms with Gasteiger partial charge in [0.15, 0.2) is 10.9 Å². The number of halogens is 1. The van der Waals surface area contributed by atoms with Crippen LogP contribution < -0.4 is 4.72 Å². The van der Waals surface area contributed by atoms with Crippen molar-refractivity contribution in [1.82, 2.24) is 19.7 Å². The predicted octanol–water partition coefficient (Wildman–Crippen LogP) is 0.255. The third-order valence-corrected chi connectivity index (χ3v) is 4.45. The fourth-order valence-electron chi connectivity index (χ4n) is 1.39. The average molecular weight is 357 g/mol. The highest BCUT2D eigenvalue weighted by Crippen LogP contribution is 2.17. The maximum atomic E-state index is 12.1. The van der Waals surface area contributed by atoms with Gasteiger partial charge in [0, 0.05) is 20.3 Å². The Morgan fingerprint density at radius 1 is 1.37 bits per heavy atom. The van der Waals surface area contributed by atoms with E-state index in [2.05, 4.69) is 31.0 Å². The predicted molar refractivity (Wildman–Crippen MR) is 70.9 cm³/mol. The Morgan fingerprint density at radius 2 is 1.95 bits per heavy atom. The lowest BCUT2D eigenvalue weighted by atomic mass is 10.6. The van der Waals surface area contributed by atoms with Crippen LogP contribution in [0.1, 0.15) is 13.8 Å². The second-order valence-electron chi connectivity index (χ2n) is 3.50. The number of hydrogen-bond acceptors (Lipinski definition) is 6. The molecular weight excluding hydrogens is 340 g/mol. The van der Waals surface area contributed by atoms with Crippen LogP contribution in [0.5, 0.6) is 0 Å². The first kappa shape index (κ1) is 16.5. The second-order valence-corrected chi connectivity index (χ2v) is 5.93. The molecule has 110 valence electrons. The second kappa shape index (κ2) is 7.29. The summed E-state index contributed by atoms with van der Waals surface area (Å²) in [7, 11) is -2.23. The Hall–Kier alpha value is -0.550. The number of nitrogens with one attached hydrogen (secondary N) is 1. The van der Waals surface area contributed by atoms with Crippen molar-refractivity contribution in [1.29, 1.82) is 0 Å². The fraction of sp³-hybridized carbons (Fsp3) is 0.778. The van der Waals surface area contributed by atoms with Crippen molar-refractivity contribution in [2.45, 2.75) is 25.2 Å². The third-order valence-electron chi connectivity index (χ3n) is 2.14. The number of aromatic nitrogens is 3. The van der Waals surface area contributed by atoms with Crippen molar-refractivity contribution in [3.63, 3.8) is 0 Å². The minimum absolute atomic E-state index is 0.0155. The van der Waals surface area contributed by atoms with E-state index in [0.717, 1.165) is 0 Å². The van der Waals surface area contributed by atoms with Crippen LogP contribution in [0, 0.1) is 0 Å². The molecule has 0 saturated heterocycles. The van der Waals surface area contributed by atoms with Crippen LogP contribution >= 0.6 is 15.9 Å². The molecule has 0 aliphatic rings. The first-order valence-electron chi connectivity index (χ1n) is 5.70. The molecule has 1 aromatic rings. The maximum absolute atomic E-state index is 12.1. The molecule has 0 aliphatic heterocycles. The molecule has 0 aromatic carbocycles. The van der Waals surface area contributed by atoms with E-state index in [1.54, 1.807) is 0 Å². The molecule has 0 amide bonds. The van der Waals surface area contributed by atoms with Gasteiger partial charge in [-0.3, -0.25) is 0 Å². The highest BCUT2D eigenvalue weighted by molar-refractivity contribution is 9.10. The van der Waals surface area contributed by atoms with Gasteiger partial charge in [-0.05, 0) is 29.8 Å². The van der Waals surface area contributed by atoms with Gasteiger partial charge in [0.25, 0.3) is 10.0 Å². The molecule has 0 spiro atoms. The van der Waals surface area contributed by atoms with E-state index in [-0.39, 0.29) is 16.2 Å². The lowest BCUT2D eigenvalue weighted by Gasteiger charge is -2.17.